The van der Waals surface area contributed by atoms with Crippen molar-refractivity contribution in [1.82, 2.24) is 4.57 Å². The Morgan fingerprint density at radius 2 is 1.82 bits per heavy atom. The fourth-order valence-corrected chi connectivity index (χ4v) is 3.12. The Bertz CT molecular complexity index is 877. The zero-order valence-electron chi connectivity index (χ0n) is 12.3. The Balaban J connectivity index is 1.63. The molecule has 0 saturated carbocycles. The minimum absolute atomic E-state index is 0.0806. The first-order valence-electron chi connectivity index (χ1n) is 7.36. The van der Waals surface area contributed by atoms with E-state index in [-0.39, 0.29) is 5.91 Å². The zero-order chi connectivity index (χ0) is 15.1. The number of hydrogen-bond donors (Lipinski definition) is 1. The van der Waals surface area contributed by atoms with Crippen molar-refractivity contribution in [2.75, 3.05) is 5.32 Å². The molecule has 22 heavy (non-hydrogen) atoms. The summed E-state index contributed by atoms with van der Waals surface area (Å²) in [6.45, 7) is 0. The van der Waals surface area contributed by atoms with Crippen LogP contribution in [0.4, 0.5) is 5.69 Å². The van der Waals surface area contributed by atoms with Crippen LogP contribution in [0.25, 0.3) is 11.1 Å². The van der Waals surface area contributed by atoms with E-state index in [1.807, 2.05) is 36.0 Å². The van der Waals surface area contributed by atoms with Gasteiger partial charge in [0, 0.05) is 18.9 Å². The lowest BCUT2D eigenvalue weighted by Gasteiger charge is -2.08. The average Bonchev–Trinajstić information content (AvgIpc) is 3.10. The van der Waals surface area contributed by atoms with Gasteiger partial charge in [-0.15, -0.1) is 0 Å². The van der Waals surface area contributed by atoms with E-state index in [0.717, 1.165) is 12.1 Å². The second kappa shape index (κ2) is 4.88. The summed E-state index contributed by atoms with van der Waals surface area (Å²) < 4.78 is 1.82. The molecule has 0 aliphatic heterocycles. The van der Waals surface area contributed by atoms with Crippen molar-refractivity contribution in [1.29, 1.82) is 0 Å². The number of carbonyl (C=O) groups is 1. The molecule has 3 nitrogen and oxygen atoms in total. The Labute approximate surface area is 129 Å². The highest BCUT2D eigenvalue weighted by Crippen LogP contribution is 2.37. The molecule has 2 aromatic carbocycles. The Hall–Kier alpha value is -2.81. The predicted octanol–water partition coefficient (Wildman–Crippen LogP) is 3.85. The van der Waals surface area contributed by atoms with Crippen molar-refractivity contribution >= 4 is 11.6 Å². The van der Waals surface area contributed by atoms with E-state index in [1.54, 1.807) is 0 Å². The maximum Gasteiger partial charge on any atom is 0.272 e. The van der Waals surface area contributed by atoms with E-state index in [0.29, 0.717) is 5.69 Å². The van der Waals surface area contributed by atoms with E-state index in [9.17, 15) is 4.79 Å². The number of aryl methyl sites for hydroxylation is 1. The third-order valence-corrected chi connectivity index (χ3v) is 4.23. The van der Waals surface area contributed by atoms with E-state index >= 15 is 0 Å². The van der Waals surface area contributed by atoms with Crippen LogP contribution in [-0.2, 0) is 13.5 Å². The van der Waals surface area contributed by atoms with Crippen LogP contribution in [0.1, 0.15) is 21.6 Å². The molecule has 1 N–H and O–H groups in total. The smallest absolute Gasteiger partial charge is 0.272 e. The van der Waals surface area contributed by atoms with Crippen molar-refractivity contribution in [2.24, 2.45) is 7.05 Å². The number of carbonyl (C=O) groups excluding carboxylic acids is 1. The lowest BCUT2D eigenvalue weighted by atomic mass is 10.1. The Morgan fingerprint density at radius 3 is 2.64 bits per heavy atom. The van der Waals surface area contributed by atoms with Crippen LogP contribution in [-0.4, -0.2) is 10.5 Å². The van der Waals surface area contributed by atoms with Crippen molar-refractivity contribution in [3.8, 4) is 11.1 Å². The summed E-state index contributed by atoms with van der Waals surface area (Å²) in [5.74, 6) is -0.0806. The van der Waals surface area contributed by atoms with Gasteiger partial charge in [-0.2, -0.15) is 0 Å². The second-order valence-corrected chi connectivity index (χ2v) is 5.66. The molecule has 0 bridgehead atoms. The topological polar surface area (TPSA) is 34.0 Å². The molecule has 1 aliphatic carbocycles. The molecular weight excluding hydrogens is 272 g/mol. The van der Waals surface area contributed by atoms with Crippen molar-refractivity contribution in [2.45, 2.75) is 6.42 Å². The molecule has 0 saturated heterocycles. The second-order valence-electron chi connectivity index (χ2n) is 5.66. The van der Waals surface area contributed by atoms with Gasteiger partial charge in [-0.1, -0.05) is 30.3 Å². The summed E-state index contributed by atoms with van der Waals surface area (Å²) in [4.78, 5) is 12.3. The van der Waals surface area contributed by atoms with Gasteiger partial charge in [0.1, 0.15) is 5.69 Å². The van der Waals surface area contributed by atoms with Gasteiger partial charge in [-0.3, -0.25) is 4.79 Å². The monoisotopic (exact) mass is 288 g/mol. The normalized spacial score (nSPS) is 11.9. The van der Waals surface area contributed by atoms with E-state index in [2.05, 4.69) is 41.7 Å². The van der Waals surface area contributed by atoms with Crippen LogP contribution in [0.2, 0.25) is 0 Å². The van der Waals surface area contributed by atoms with Gasteiger partial charge < -0.3 is 9.88 Å². The van der Waals surface area contributed by atoms with Crippen molar-refractivity contribution < 1.29 is 4.79 Å². The molecule has 4 rings (SSSR count). The van der Waals surface area contributed by atoms with Gasteiger partial charge in [-0.05, 0) is 52.9 Å². The largest absolute Gasteiger partial charge is 0.347 e. The first-order chi connectivity index (χ1) is 10.7. The molecule has 0 fully saturated rings. The van der Waals surface area contributed by atoms with Crippen molar-refractivity contribution in [3.63, 3.8) is 0 Å². The standard InChI is InChI=1S/C19H16N2O/c1-21-10-4-7-18(21)19(22)20-15-8-9-17-14(12-15)11-13-5-2-3-6-16(13)17/h2-10,12H,11H2,1H3,(H,20,22). The minimum atomic E-state index is -0.0806. The average molecular weight is 288 g/mol. The number of nitrogens with one attached hydrogen (secondary N) is 1. The van der Waals surface area contributed by atoms with Gasteiger partial charge in [0.05, 0.1) is 0 Å². The van der Waals surface area contributed by atoms with Crippen LogP contribution < -0.4 is 5.32 Å². The highest BCUT2D eigenvalue weighted by Gasteiger charge is 2.18. The first-order valence-corrected chi connectivity index (χ1v) is 7.36. The zero-order valence-corrected chi connectivity index (χ0v) is 12.3. The quantitative estimate of drug-likeness (QED) is 0.597. The highest BCUT2D eigenvalue weighted by atomic mass is 16.1. The van der Waals surface area contributed by atoms with Crippen molar-refractivity contribution in [3.05, 3.63) is 77.6 Å². The van der Waals surface area contributed by atoms with Crippen LogP contribution >= 0.6 is 0 Å². The molecular formula is C19H16N2O. The molecule has 3 aromatic rings. The Morgan fingerprint density at radius 1 is 1.00 bits per heavy atom. The number of fused-ring (bicyclic) bond motifs is 3. The van der Waals surface area contributed by atoms with Gasteiger partial charge in [0.25, 0.3) is 5.91 Å². The van der Waals surface area contributed by atoms with Crippen LogP contribution in [0, 0.1) is 0 Å². The molecule has 1 amide bonds. The summed E-state index contributed by atoms with van der Waals surface area (Å²) in [5.41, 5.74) is 6.70. The fraction of sp³-hybridized carbons (Fsp3) is 0.105. The van der Waals surface area contributed by atoms with Gasteiger partial charge in [0.2, 0.25) is 0 Å². The minimum Gasteiger partial charge on any atom is -0.347 e. The van der Waals surface area contributed by atoms with Gasteiger partial charge in [-0.25, -0.2) is 0 Å². The number of anilines is 1. The fourth-order valence-electron chi connectivity index (χ4n) is 3.12. The summed E-state index contributed by atoms with van der Waals surface area (Å²) in [5, 5.41) is 2.98. The number of aromatic nitrogens is 1. The molecule has 0 spiro atoms. The SMILES string of the molecule is Cn1cccc1C(=O)Nc1ccc2c(c1)Cc1ccccc1-2. The number of hydrogen-bond acceptors (Lipinski definition) is 1. The van der Waals surface area contributed by atoms with Crippen LogP contribution in [0.3, 0.4) is 0 Å². The summed E-state index contributed by atoms with van der Waals surface area (Å²) in [7, 11) is 1.87. The molecule has 0 radical (unpaired) electrons. The molecule has 0 atom stereocenters. The third kappa shape index (κ3) is 2.02. The summed E-state index contributed by atoms with van der Waals surface area (Å²) >= 11 is 0. The van der Waals surface area contributed by atoms with Gasteiger partial charge in [0.15, 0.2) is 0 Å². The molecule has 0 unspecified atom stereocenters. The lowest BCUT2D eigenvalue weighted by molar-refractivity contribution is 0.101. The molecule has 1 aromatic heterocycles. The third-order valence-electron chi connectivity index (χ3n) is 4.23. The maximum atomic E-state index is 12.3. The van der Waals surface area contributed by atoms with E-state index in [4.69, 9.17) is 0 Å². The van der Waals surface area contributed by atoms with Crippen LogP contribution in [0.15, 0.2) is 60.8 Å². The van der Waals surface area contributed by atoms with Crippen LogP contribution in [0.5, 0.6) is 0 Å². The Kier molecular flexibility index (Phi) is 2.86. The number of benzene rings is 2. The van der Waals surface area contributed by atoms with Gasteiger partial charge >= 0.3 is 0 Å². The first kappa shape index (κ1) is 12.9. The molecule has 1 aliphatic rings. The van der Waals surface area contributed by atoms with E-state index < -0.39 is 0 Å². The number of nitrogens with zero attached hydrogens (tertiary/aromatic N) is 1. The number of amides is 1. The van der Waals surface area contributed by atoms with E-state index in [1.165, 1.54) is 22.3 Å². The summed E-state index contributed by atoms with van der Waals surface area (Å²) in [6.07, 6.45) is 2.80. The molecule has 3 heteroatoms. The maximum absolute atomic E-state index is 12.3. The summed E-state index contributed by atoms with van der Waals surface area (Å²) in [6, 6.07) is 18.3. The molecule has 1 heterocycles. The number of rotatable bonds is 2. The molecule has 108 valence electrons. The lowest BCUT2D eigenvalue weighted by Crippen LogP contribution is -2.15. The highest BCUT2D eigenvalue weighted by molar-refractivity contribution is 6.03. The predicted molar refractivity (Wildman–Crippen MR) is 88.1 cm³/mol.